The van der Waals surface area contributed by atoms with Crippen LogP contribution in [0.4, 0.5) is 0 Å². The van der Waals surface area contributed by atoms with Crippen molar-refractivity contribution in [1.29, 1.82) is 0 Å². The first-order chi connectivity index (χ1) is 15.4. The van der Waals surface area contributed by atoms with Crippen LogP contribution in [-0.4, -0.2) is 49.7 Å². The molecule has 7 fully saturated rings. The first-order valence-corrected chi connectivity index (χ1v) is 14.6. The van der Waals surface area contributed by atoms with Gasteiger partial charge in [0.2, 0.25) is 0 Å². The van der Waals surface area contributed by atoms with Crippen LogP contribution in [0.25, 0.3) is 0 Å². The van der Waals surface area contributed by atoms with E-state index in [4.69, 9.17) is 0 Å². The number of hydrogen-bond acceptors (Lipinski definition) is 3. The number of nitrogens with zero attached hydrogens (tertiary/aromatic N) is 1. The van der Waals surface area contributed by atoms with E-state index < -0.39 is 0 Å². The molecule has 0 aromatic heterocycles. The van der Waals surface area contributed by atoms with Gasteiger partial charge in [-0.25, -0.2) is 0 Å². The van der Waals surface area contributed by atoms with Crippen LogP contribution in [0.1, 0.15) is 110 Å². The second-order valence-electron chi connectivity index (χ2n) is 12.1. The molecule has 3 saturated carbocycles. The standard InChI is InChI=1S/C11H19N.C9H17N.C8H15N.CH4/c1-2-8-4-5-10-7-12-6-9(3-1)11(8)10;1-2-6-9-8(4-1)5-3-7-10-9;1-2-6-9-7-3-5-8(9)4-1;/h8-12H,1-7H2;8-10H,1-7H2;8H,1-7H2;1H4. The van der Waals surface area contributed by atoms with Gasteiger partial charge in [0.15, 0.2) is 0 Å². The predicted octanol–water partition coefficient (Wildman–Crippen LogP) is 6.23. The highest BCUT2D eigenvalue weighted by Gasteiger charge is 2.44. The summed E-state index contributed by atoms with van der Waals surface area (Å²) in [4.78, 5) is 2.67. The van der Waals surface area contributed by atoms with E-state index in [-0.39, 0.29) is 7.43 Å². The maximum atomic E-state index is 3.62. The van der Waals surface area contributed by atoms with Gasteiger partial charge in [0.25, 0.3) is 0 Å². The van der Waals surface area contributed by atoms with Crippen LogP contribution in [0.3, 0.4) is 0 Å². The summed E-state index contributed by atoms with van der Waals surface area (Å²) in [6.07, 6.45) is 23.9. The largest absolute Gasteiger partial charge is 0.316 e. The maximum Gasteiger partial charge on any atom is 0.00957 e. The van der Waals surface area contributed by atoms with Crippen LogP contribution in [0.15, 0.2) is 0 Å². The fourth-order valence-corrected chi connectivity index (χ4v) is 8.75. The van der Waals surface area contributed by atoms with E-state index in [0.717, 1.165) is 41.7 Å². The van der Waals surface area contributed by atoms with Gasteiger partial charge in [-0.2, -0.15) is 0 Å². The van der Waals surface area contributed by atoms with Gasteiger partial charge in [-0.05, 0) is 133 Å². The molecule has 3 aliphatic carbocycles. The van der Waals surface area contributed by atoms with E-state index >= 15 is 0 Å². The summed E-state index contributed by atoms with van der Waals surface area (Å²) in [5, 5.41) is 7.23. The number of fused-ring (bicyclic) bond motifs is 2. The van der Waals surface area contributed by atoms with Crippen molar-refractivity contribution in [3.8, 4) is 0 Å². The fraction of sp³-hybridized carbons (Fsp3) is 1.00. The molecule has 7 atom stereocenters. The molecular formula is C29H55N3. The Hall–Kier alpha value is -0.120. The molecule has 0 aromatic rings. The normalized spacial score (nSPS) is 42.6. The minimum Gasteiger partial charge on any atom is -0.316 e. The topological polar surface area (TPSA) is 27.3 Å². The van der Waals surface area contributed by atoms with E-state index in [0.29, 0.717) is 0 Å². The van der Waals surface area contributed by atoms with Crippen LogP contribution in [0, 0.1) is 29.6 Å². The van der Waals surface area contributed by atoms with E-state index in [9.17, 15) is 0 Å². The van der Waals surface area contributed by atoms with Gasteiger partial charge < -0.3 is 15.5 Å². The molecule has 186 valence electrons. The Morgan fingerprint density at radius 2 is 1.19 bits per heavy atom. The molecule has 0 spiro atoms. The SMILES string of the molecule is C.C1CC2CCC3CNCC(C1)C23.C1CCC2NCCCC2C1.C1CCN2CCCC2C1. The Morgan fingerprint density at radius 1 is 0.531 bits per heavy atom. The summed E-state index contributed by atoms with van der Waals surface area (Å²) < 4.78 is 0. The van der Waals surface area contributed by atoms with Crippen LogP contribution in [-0.2, 0) is 0 Å². The molecular weight excluding hydrogens is 390 g/mol. The third kappa shape index (κ3) is 6.11. The van der Waals surface area contributed by atoms with Crippen LogP contribution < -0.4 is 10.6 Å². The second-order valence-corrected chi connectivity index (χ2v) is 12.1. The van der Waals surface area contributed by atoms with Crippen LogP contribution in [0.5, 0.6) is 0 Å². The molecule has 4 heterocycles. The van der Waals surface area contributed by atoms with Crippen molar-refractivity contribution in [2.75, 3.05) is 32.7 Å². The highest BCUT2D eigenvalue weighted by Crippen LogP contribution is 2.49. The summed E-state index contributed by atoms with van der Waals surface area (Å²) in [7, 11) is 0. The summed E-state index contributed by atoms with van der Waals surface area (Å²) in [5.41, 5.74) is 0. The van der Waals surface area contributed by atoms with E-state index in [1.807, 2.05) is 0 Å². The number of rotatable bonds is 0. The number of piperidine rings is 3. The van der Waals surface area contributed by atoms with E-state index in [2.05, 4.69) is 15.5 Å². The predicted molar refractivity (Wildman–Crippen MR) is 138 cm³/mol. The van der Waals surface area contributed by atoms with Gasteiger partial charge in [-0.1, -0.05) is 39.5 Å². The first kappa shape index (κ1) is 25.0. The van der Waals surface area contributed by atoms with E-state index in [1.165, 1.54) is 123 Å². The lowest BCUT2D eigenvalue weighted by Crippen LogP contribution is -2.44. The van der Waals surface area contributed by atoms with Gasteiger partial charge in [-0.15, -0.1) is 0 Å². The second kappa shape index (κ2) is 12.5. The maximum absolute atomic E-state index is 3.62. The number of nitrogens with one attached hydrogen (secondary N) is 2. The van der Waals surface area contributed by atoms with Gasteiger partial charge in [0, 0.05) is 12.1 Å². The van der Waals surface area contributed by atoms with Gasteiger partial charge in [0.05, 0.1) is 0 Å². The van der Waals surface area contributed by atoms with Gasteiger partial charge in [-0.3, -0.25) is 0 Å². The van der Waals surface area contributed by atoms with Crippen molar-refractivity contribution in [3.05, 3.63) is 0 Å². The molecule has 0 radical (unpaired) electrons. The summed E-state index contributed by atoms with van der Waals surface area (Å²) in [6, 6.07) is 1.90. The Bertz CT molecular complexity index is 480. The van der Waals surface area contributed by atoms with Crippen molar-refractivity contribution in [1.82, 2.24) is 15.5 Å². The molecule has 4 saturated heterocycles. The average Bonchev–Trinajstić information content (AvgIpc) is 3.49. The molecule has 2 N–H and O–H groups in total. The third-order valence-electron chi connectivity index (χ3n) is 10.3. The molecule has 7 rings (SSSR count). The van der Waals surface area contributed by atoms with Crippen molar-refractivity contribution in [2.45, 2.75) is 122 Å². The van der Waals surface area contributed by atoms with Gasteiger partial charge in [0.1, 0.15) is 0 Å². The van der Waals surface area contributed by atoms with Crippen LogP contribution in [0.2, 0.25) is 0 Å². The lowest BCUT2D eigenvalue weighted by atomic mass is 9.69. The fourth-order valence-electron chi connectivity index (χ4n) is 8.75. The van der Waals surface area contributed by atoms with Crippen molar-refractivity contribution in [2.24, 2.45) is 29.6 Å². The number of hydrogen-bond donors (Lipinski definition) is 2. The zero-order chi connectivity index (χ0) is 20.9. The van der Waals surface area contributed by atoms with Crippen molar-refractivity contribution >= 4 is 0 Å². The zero-order valence-corrected chi connectivity index (χ0v) is 20.3. The van der Waals surface area contributed by atoms with Crippen LogP contribution >= 0.6 is 0 Å². The Labute approximate surface area is 200 Å². The van der Waals surface area contributed by atoms with E-state index in [1.54, 1.807) is 12.8 Å². The summed E-state index contributed by atoms with van der Waals surface area (Å²) >= 11 is 0. The minimum atomic E-state index is 0. The monoisotopic (exact) mass is 445 g/mol. The summed E-state index contributed by atoms with van der Waals surface area (Å²) in [6.45, 7) is 6.73. The molecule has 0 amide bonds. The molecule has 32 heavy (non-hydrogen) atoms. The van der Waals surface area contributed by atoms with Crippen molar-refractivity contribution < 1.29 is 0 Å². The Morgan fingerprint density at radius 3 is 2.06 bits per heavy atom. The molecule has 0 aromatic carbocycles. The Balaban J connectivity index is 0.000000114. The van der Waals surface area contributed by atoms with Gasteiger partial charge >= 0.3 is 0 Å². The highest BCUT2D eigenvalue weighted by molar-refractivity contribution is 4.96. The minimum absolute atomic E-state index is 0. The smallest absolute Gasteiger partial charge is 0.00957 e. The molecule has 7 unspecified atom stereocenters. The average molecular weight is 446 g/mol. The Kier molecular flexibility index (Phi) is 9.80. The molecule has 4 aliphatic heterocycles. The zero-order valence-electron chi connectivity index (χ0n) is 20.3. The lowest BCUT2D eigenvalue weighted by molar-refractivity contribution is 0.108. The lowest BCUT2D eigenvalue weighted by Gasteiger charge is -2.41. The van der Waals surface area contributed by atoms with Crippen molar-refractivity contribution in [3.63, 3.8) is 0 Å². The summed E-state index contributed by atoms with van der Waals surface area (Å²) in [5.74, 6) is 5.44. The molecule has 3 heteroatoms. The molecule has 3 nitrogen and oxygen atoms in total. The quantitative estimate of drug-likeness (QED) is 0.463. The molecule has 7 aliphatic rings. The third-order valence-corrected chi connectivity index (χ3v) is 10.3. The highest BCUT2D eigenvalue weighted by atomic mass is 15.2. The molecule has 0 bridgehead atoms. The first-order valence-electron chi connectivity index (χ1n) is 14.6.